The molecule has 1 unspecified atom stereocenters. The number of aliphatic imine (C=N–C) groups is 1. The lowest BCUT2D eigenvalue weighted by Crippen LogP contribution is -2.27. The van der Waals surface area contributed by atoms with Crippen LogP contribution in [-0.2, 0) is 4.79 Å². The average Bonchev–Trinajstić information content (AvgIpc) is 2.41. The Morgan fingerprint density at radius 3 is 2.85 bits per heavy atom. The number of hydrogen-bond acceptors (Lipinski definition) is 4. The van der Waals surface area contributed by atoms with Gasteiger partial charge in [-0.05, 0) is 31.0 Å². The van der Waals surface area contributed by atoms with Crippen LogP contribution < -0.4 is 0 Å². The van der Waals surface area contributed by atoms with Crippen molar-refractivity contribution >= 4 is 34.8 Å². The van der Waals surface area contributed by atoms with E-state index in [1.54, 1.807) is 0 Å². The van der Waals surface area contributed by atoms with Gasteiger partial charge in [0.25, 0.3) is 0 Å². The molecule has 1 aliphatic rings. The van der Waals surface area contributed by atoms with E-state index >= 15 is 0 Å². The van der Waals surface area contributed by atoms with Crippen molar-refractivity contribution < 1.29 is 14.7 Å². The number of Topliss-reactive ketones (excluding diaryl/α,β-unsaturated/α-hetero) is 1. The first kappa shape index (κ1) is 14.2. The molecule has 2 rings (SSSR count). The van der Waals surface area contributed by atoms with Crippen LogP contribution in [0.4, 0.5) is 5.69 Å². The summed E-state index contributed by atoms with van der Waals surface area (Å²) in [5, 5.41) is 18.3. The Morgan fingerprint density at radius 2 is 2.20 bits per heavy atom. The Labute approximate surface area is 120 Å². The molecule has 1 aliphatic carbocycles. The Kier molecular flexibility index (Phi) is 4.16. The summed E-state index contributed by atoms with van der Waals surface area (Å²) in [6.07, 6.45) is 1.56. The molecule has 1 saturated carbocycles. The van der Waals surface area contributed by atoms with Gasteiger partial charge in [0.15, 0.2) is 5.78 Å². The maximum atomic E-state index is 11.7. The standard InChI is InChI=1S/C14H11ClN2O3/c15-10-5-4-8(14(19)20)6-12(10)17-11-2-1-3-13(18)9(11)7-16/h4-6,9H,1-3H2,(H,19,20). The summed E-state index contributed by atoms with van der Waals surface area (Å²) in [7, 11) is 0. The van der Waals surface area contributed by atoms with Crippen LogP contribution >= 0.6 is 11.6 Å². The molecular weight excluding hydrogens is 280 g/mol. The zero-order valence-corrected chi connectivity index (χ0v) is 11.2. The van der Waals surface area contributed by atoms with E-state index in [1.807, 2.05) is 6.07 Å². The van der Waals surface area contributed by atoms with Crippen LogP contribution in [0, 0.1) is 17.2 Å². The molecule has 1 atom stereocenters. The number of nitriles is 1. The number of nitrogens with zero attached hydrogens (tertiary/aromatic N) is 2. The predicted molar refractivity (Wildman–Crippen MR) is 73.5 cm³/mol. The molecule has 1 fully saturated rings. The molecule has 0 aromatic heterocycles. The number of carbonyl (C=O) groups is 2. The van der Waals surface area contributed by atoms with Crippen molar-refractivity contribution in [2.24, 2.45) is 10.9 Å². The second-order valence-electron chi connectivity index (χ2n) is 4.46. The molecule has 6 heteroatoms. The Bertz CT molecular complexity index is 646. The fraction of sp³-hybridized carbons (Fsp3) is 0.286. The van der Waals surface area contributed by atoms with Crippen LogP contribution in [0.1, 0.15) is 29.6 Å². The molecule has 1 N–H and O–H groups in total. The average molecular weight is 291 g/mol. The maximum absolute atomic E-state index is 11.7. The number of carboxylic acid groups (broad SMARTS) is 1. The van der Waals surface area contributed by atoms with E-state index in [4.69, 9.17) is 22.0 Å². The van der Waals surface area contributed by atoms with Crippen LogP contribution in [0.25, 0.3) is 0 Å². The van der Waals surface area contributed by atoms with Gasteiger partial charge < -0.3 is 5.11 Å². The lowest BCUT2D eigenvalue weighted by Gasteiger charge is -2.17. The first-order valence-electron chi connectivity index (χ1n) is 6.05. The van der Waals surface area contributed by atoms with Gasteiger partial charge in [0.1, 0.15) is 5.92 Å². The molecule has 5 nitrogen and oxygen atoms in total. The number of carbonyl (C=O) groups excluding carboxylic acids is 1. The number of hydrogen-bond donors (Lipinski definition) is 1. The van der Waals surface area contributed by atoms with E-state index in [2.05, 4.69) is 4.99 Å². The first-order chi connectivity index (χ1) is 9.52. The third-order valence-corrected chi connectivity index (χ3v) is 3.42. The number of carboxylic acids is 1. The summed E-state index contributed by atoms with van der Waals surface area (Å²) in [4.78, 5) is 26.8. The van der Waals surface area contributed by atoms with Gasteiger partial charge in [-0.3, -0.25) is 9.79 Å². The normalized spacial score (nSPS) is 20.7. The predicted octanol–water partition coefficient (Wildman–Crippen LogP) is 3.00. The molecule has 1 aromatic rings. The fourth-order valence-electron chi connectivity index (χ4n) is 2.07. The summed E-state index contributed by atoms with van der Waals surface area (Å²) in [6.45, 7) is 0. The summed E-state index contributed by atoms with van der Waals surface area (Å²) in [5.74, 6) is -2.09. The van der Waals surface area contributed by atoms with E-state index < -0.39 is 11.9 Å². The van der Waals surface area contributed by atoms with Crippen molar-refractivity contribution in [1.82, 2.24) is 0 Å². The molecule has 0 aliphatic heterocycles. The van der Waals surface area contributed by atoms with E-state index in [-0.39, 0.29) is 22.1 Å². The highest BCUT2D eigenvalue weighted by atomic mass is 35.5. The lowest BCUT2D eigenvalue weighted by molar-refractivity contribution is -0.120. The summed E-state index contributed by atoms with van der Waals surface area (Å²) in [6, 6.07) is 6.10. The first-order valence-corrected chi connectivity index (χ1v) is 6.43. The van der Waals surface area contributed by atoms with Gasteiger partial charge in [-0.15, -0.1) is 0 Å². The van der Waals surface area contributed by atoms with Crippen molar-refractivity contribution in [3.63, 3.8) is 0 Å². The summed E-state index contributed by atoms with van der Waals surface area (Å²) >= 11 is 5.98. The number of aromatic carboxylic acids is 1. The number of benzene rings is 1. The zero-order chi connectivity index (χ0) is 14.7. The van der Waals surface area contributed by atoms with Crippen LogP contribution in [0.5, 0.6) is 0 Å². The van der Waals surface area contributed by atoms with Crippen molar-refractivity contribution in [3.8, 4) is 6.07 Å². The van der Waals surface area contributed by atoms with Crippen LogP contribution in [0.3, 0.4) is 0 Å². The van der Waals surface area contributed by atoms with E-state index in [0.717, 1.165) is 0 Å². The van der Waals surface area contributed by atoms with Crippen molar-refractivity contribution in [1.29, 1.82) is 5.26 Å². The summed E-state index contributed by atoms with van der Waals surface area (Å²) < 4.78 is 0. The van der Waals surface area contributed by atoms with Gasteiger partial charge in [-0.25, -0.2) is 4.79 Å². The molecule has 0 radical (unpaired) electrons. The van der Waals surface area contributed by atoms with Gasteiger partial charge in [0.2, 0.25) is 0 Å². The lowest BCUT2D eigenvalue weighted by atomic mass is 9.87. The Balaban J connectivity index is 2.43. The van der Waals surface area contributed by atoms with E-state index in [9.17, 15) is 9.59 Å². The Hall–Kier alpha value is -2.19. The van der Waals surface area contributed by atoms with Crippen LogP contribution in [0.15, 0.2) is 23.2 Å². The van der Waals surface area contributed by atoms with Gasteiger partial charge in [-0.1, -0.05) is 11.6 Å². The highest BCUT2D eigenvalue weighted by Crippen LogP contribution is 2.29. The molecule has 0 amide bonds. The maximum Gasteiger partial charge on any atom is 0.335 e. The summed E-state index contributed by atoms with van der Waals surface area (Å²) in [5.41, 5.74) is 0.786. The smallest absolute Gasteiger partial charge is 0.335 e. The molecule has 0 spiro atoms. The van der Waals surface area contributed by atoms with Gasteiger partial charge >= 0.3 is 5.97 Å². The van der Waals surface area contributed by atoms with Crippen molar-refractivity contribution in [2.75, 3.05) is 0 Å². The molecule has 1 aromatic carbocycles. The number of rotatable bonds is 2. The largest absolute Gasteiger partial charge is 0.478 e. The highest BCUT2D eigenvalue weighted by Gasteiger charge is 2.28. The van der Waals surface area contributed by atoms with Crippen LogP contribution in [-0.4, -0.2) is 22.6 Å². The number of halogens is 1. The van der Waals surface area contributed by atoms with Crippen molar-refractivity contribution in [2.45, 2.75) is 19.3 Å². The molecule has 0 bridgehead atoms. The minimum absolute atomic E-state index is 0.0596. The Morgan fingerprint density at radius 1 is 1.45 bits per heavy atom. The fourth-order valence-corrected chi connectivity index (χ4v) is 2.23. The zero-order valence-electron chi connectivity index (χ0n) is 10.5. The molecule has 20 heavy (non-hydrogen) atoms. The van der Waals surface area contributed by atoms with Crippen molar-refractivity contribution in [3.05, 3.63) is 28.8 Å². The quantitative estimate of drug-likeness (QED) is 0.906. The van der Waals surface area contributed by atoms with Gasteiger partial charge in [0.05, 0.1) is 22.3 Å². The highest BCUT2D eigenvalue weighted by molar-refractivity contribution is 6.33. The molecule has 102 valence electrons. The topological polar surface area (TPSA) is 90.5 Å². The molecule has 0 saturated heterocycles. The second-order valence-corrected chi connectivity index (χ2v) is 4.86. The second kappa shape index (κ2) is 5.85. The molecule has 0 heterocycles. The third-order valence-electron chi connectivity index (χ3n) is 3.10. The third kappa shape index (κ3) is 2.86. The monoisotopic (exact) mass is 290 g/mol. The van der Waals surface area contributed by atoms with Gasteiger partial charge in [0, 0.05) is 12.1 Å². The minimum Gasteiger partial charge on any atom is -0.478 e. The van der Waals surface area contributed by atoms with Gasteiger partial charge in [-0.2, -0.15) is 5.26 Å². The molecular formula is C14H11ClN2O3. The SMILES string of the molecule is N#CC1C(=O)CCCC1=Nc1cc(C(=O)O)ccc1Cl. The van der Waals surface area contributed by atoms with E-state index in [1.165, 1.54) is 18.2 Å². The number of ketones is 1. The van der Waals surface area contributed by atoms with E-state index in [0.29, 0.717) is 25.0 Å². The van der Waals surface area contributed by atoms with Crippen LogP contribution in [0.2, 0.25) is 5.02 Å². The minimum atomic E-state index is -1.08.